The molecule has 0 saturated heterocycles. The van der Waals surface area contributed by atoms with Gasteiger partial charge in [-0.3, -0.25) is 0 Å². The van der Waals surface area contributed by atoms with Gasteiger partial charge in [-0.2, -0.15) is 0 Å². The molecule has 2 aromatic carbocycles. The van der Waals surface area contributed by atoms with E-state index in [1.54, 1.807) is 0 Å². The maximum Gasteiger partial charge on any atom is 0.204 e. The first-order valence-corrected chi connectivity index (χ1v) is 6.65. The molecule has 0 N–H and O–H groups in total. The molecule has 0 aromatic heterocycles. The van der Waals surface area contributed by atoms with E-state index in [0.717, 1.165) is 19.6 Å². The van der Waals surface area contributed by atoms with Gasteiger partial charge in [0.2, 0.25) is 19.6 Å². The summed E-state index contributed by atoms with van der Waals surface area (Å²) in [6.07, 6.45) is 0. The molecule has 0 spiro atoms. The van der Waals surface area contributed by atoms with Crippen molar-refractivity contribution in [1.82, 2.24) is 0 Å². The third kappa shape index (κ3) is 7.02. The summed E-state index contributed by atoms with van der Waals surface area (Å²) in [6, 6.07) is 15.9. The van der Waals surface area contributed by atoms with Gasteiger partial charge in [0.15, 0.2) is 0 Å². The van der Waals surface area contributed by atoms with Crippen LogP contribution in [0.25, 0.3) is 0 Å². The molecule has 0 bridgehead atoms. The Labute approximate surface area is 143 Å². The maximum absolute atomic E-state index is 3.39. The van der Waals surface area contributed by atoms with Gasteiger partial charge in [-0.05, 0) is 74.8 Å². The molecule has 1 radical (unpaired) electrons. The van der Waals surface area contributed by atoms with E-state index >= 15 is 0 Å². The Bertz CT molecular complexity index is 374. The minimum atomic E-state index is 0. The van der Waals surface area contributed by atoms with Crippen molar-refractivity contribution in [2.45, 2.75) is 19.6 Å². The fourth-order valence-corrected chi connectivity index (χ4v) is 1.68. The standard InChI is InChI=1S/2C6H6S2.Bi.2H/c2*7-5-3-1-2-4-6(5)8;;;/h2*1-4,7-8H;;;/p+4. The summed E-state index contributed by atoms with van der Waals surface area (Å²) in [5.74, 6) is 0. The average Bonchev–Trinajstić information content (AvgIpc) is 2.28. The van der Waals surface area contributed by atoms with Crippen LogP contribution in [-0.2, 0) is 50.5 Å². The molecule has 0 aliphatic carbocycles. The second-order valence-corrected chi connectivity index (χ2v) is 5.25. The number of hydrogen-bond acceptors (Lipinski definition) is 0. The second-order valence-electron chi connectivity index (χ2n) is 3.09. The Morgan fingerprint density at radius 3 is 0.765 bits per heavy atom. The van der Waals surface area contributed by atoms with Gasteiger partial charge in [0.25, 0.3) is 0 Å². The van der Waals surface area contributed by atoms with E-state index in [-0.39, 0.29) is 26.2 Å². The van der Waals surface area contributed by atoms with Crippen molar-refractivity contribution in [3.8, 4) is 0 Å². The second kappa shape index (κ2) is 9.63. The Morgan fingerprint density at radius 2 is 0.647 bits per heavy atom. The van der Waals surface area contributed by atoms with E-state index in [9.17, 15) is 0 Å². The summed E-state index contributed by atoms with van der Waals surface area (Å²) in [5, 5.41) is 0. The Kier molecular flexibility index (Phi) is 10.0. The van der Waals surface area contributed by atoms with Crippen LogP contribution in [0.3, 0.4) is 0 Å². The molecule has 2 rings (SSSR count). The third-order valence-electron chi connectivity index (χ3n) is 1.85. The van der Waals surface area contributed by atoms with Gasteiger partial charge in [-0.1, -0.05) is 24.3 Å². The Balaban J connectivity index is 0.000000284. The number of benzene rings is 2. The summed E-state index contributed by atoms with van der Waals surface area (Å²) in [6.45, 7) is 0. The first-order valence-electron chi connectivity index (χ1n) is 4.65. The minimum absolute atomic E-state index is 0. The molecule has 0 aliphatic heterocycles. The van der Waals surface area contributed by atoms with Crippen LogP contribution in [-0.4, -0.2) is 26.2 Å². The van der Waals surface area contributed by atoms with Gasteiger partial charge in [-0.15, -0.1) is 0 Å². The SMILES string of the molecule is [BiH2].[SH2+]c1ccccc1[SH2+].[SH2+]c1ccccc1[SH2+]. The van der Waals surface area contributed by atoms with Crippen molar-refractivity contribution >= 4 is 76.7 Å². The number of hydrogen-bond donors (Lipinski definition) is 0. The van der Waals surface area contributed by atoms with Gasteiger partial charge in [0.1, 0.15) is 0 Å². The zero-order valence-electron chi connectivity index (χ0n) is 9.20. The van der Waals surface area contributed by atoms with Crippen molar-refractivity contribution in [3.63, 3.8) is 0 Å². The quantitative estimate of drug-likeness (QED) is 0.352. The molecule has 0 fully saturated rings. The van der Waals surface area contributed by atoms with E-state index in [1.807, 2.05) is 48.5 Å². The normalized spacial score (nSPS) is 8.71. The van der Waals surface area contributed by atoms with Crippen LogP contribution in [0, 0.1) is 0 Å². The molecular formula is C12H18BiS4+4. The van der Waals surface area contributed by atoms with E-state index < -0.39 is 0 Å². The van der Waals surface area contributed by atoms with Gasteiger partial charge in [-0.25, -0.2) is 0 Å². The largest absolute Gasteiger partial charge is 0.204 e. The molecule has 0 aliphatic rings. The van der Waals surface area contributed by atoms with Crippen LogP contribution >= 0.6 is 0 Å². The molecule has 0 heterocycles. The van der Waals surface area contributed by atoms with E-state index in [1.165, 1.54) is 0 Å². The zero-order chi connectivity index (χ0) is 12.0. The monoisotopic (exact) mass is 499 g/mol. The third-order valence-corrected chi connectivity index (χ3v) is 4.10. The summed E-state index contributed by atoms with van der Waals surface area (Å²) in [5.41, 5.74) is 0. The maximum atomic E-state index is 3.39. The van der Waals surface area contributed by atoms with Gasteiger partial charge in [0, 0.05) is 0 Å². The van der Waals surface area contributed by atoms with Crippen LogP contribution in [0.1, 0.15) is 0 Å². The predicted molar refractivity (Wildman–Crippen MR) is 95.1 cm³/mol. The molecule has 5 heteroatoms. The molecule has 0 atom stereocenters. The van der Waals surface area contributed by atoms with Crippen molar-refractivity contribution in [2.75, 3.05) is 0 Å². The van der Waals surface area contributed by atoms with Crippen molar-refractivity contribution in [1.29, 1.82) is 0 Å². The summed E-state index contributed by atoms with van der Waals surface area (Å²) < 4.78 is 0. The zero-order valence-corrected chi connectivity index (χ0v) is 17.7. The molecular weight excluding hydrogens is 481 g/mol. The molecule has 0 nitrogen and oxygen atoms in total. The Morgan fingerprint density at radius 1 is 0.471 bits per heavy atom. The van der Waals surface area contributed by atoms with E-state index in [4.69, 9.17) is 0 Å². The van der Waals surface area contributed by atoms with Gasteiger partial charge in [0.05, 0.1) is 0 Å². The molecule has 17 heavy (non-hydrogen) atoms. The van der Waals surface area contributed by atoms with Crippen LogP contribution in [0.15, 0.2) is 68.1 Å². The van der Waals surface area contributed by atoms with Crippen LogP contribution in [0.5, 0.6) is 0 Å². The Hall–Kier alpha value is 0.723. The summed E-state index contributed by atoms with van der Waals surface area (Å²) in [4.78, 5) is 4.35. The van der Waals surface area contributed by atoms with E-state index in [0.29, 0.717) is 0 Å². The van der Waals surface area contributed by atoms with Gasteiger partial charge < -0.3 is 0 Å². The molecule has 0 amide bonds. The fraction of sp³-hybridized carbons (Fsp3) is 0. The molecule has 91 valence electrons. The van der Waals surface area contributed by atoms with E-state index in [2.05, 4.69) is 50.5 Å². The molecule has 0 unspecified atom stereocenters. The van der Waals surface area contributed by atoms with Crippen LogP contribution in [0.2, 0.25) is 0 Å². The summed E-state index contributed by atoms with van der Waals surface area (Å²) in [7, 11) is 0. The smallest absolute Gasteiger partial charge is 0.0569 e. The average molecular weight is 500 g/mol. The number of rotatable bonds is 0. The molecule has 0 saturated carbocycles. The van der Waals surface area contributed by atoms with Crippen LogP contribution < -0.4 is 0 Å². The van der Waals surface area contributed by atoms with Crippen molar-refractivity contribution < 1.29 is 0 Å². The van der Waals surface area contributed by atoms with Gasteiger partial charge >= 0.3 is 26.2 Å². The van der Waals surface area contributed by atoms with Crippen LogP contribution in [0.4, 0.5) is 0 Å². The minimum Gasteiger partial charge on any atom is -0.0569 e. The predicted octanol–water partition coefficient (Wildman–Crippen LogP) is -0.0614. The fourth-order valence-electron chi connectivity index (χ4n) is 0.966. The van der Waals surface area contributed by atoms with Crippen molar-refractivity contribution in [2.24, 2.45) is 0 Å². The first kappa shape index (κ1) is 17.7. The topological polar surface area (TPSA) is 0 Å². The first-order chi connectivity index (χ1) is 7.61. The van der Waals surface area contributed by atoms with Crippen molar-refractivity contribution in [3.05, 3.63) is 48.5 Å². The molecule has 2 aromatic rings. The summed E-state index contributed by atoms with van der Waals surface area (Å²) >= 11 is 13.6.